The summed E-state index contributed by atoms with van der Waals surface area (Å²) >= 11 is 5.14. The van der Waals surface area contributed by atoms with E-state index in [4.69, 9.17) is 0 Å². The van der Waals surface area contributed by atoms with E-state index in [2.05, 4.69) is 48.4 Å². The smallest absolute Gasteiger partial charge is 0.152 e. The molecule has 0 atom stereocenters. The summed E-state index contributed by atoms with van der Waals surface area (Å²) in [6, 6.07) is 2.12. The van der Waals surface area contributed by atoms with Crippen LogP contribution in [0.5, 0.6) is 0 Å². The number of hydrogen-bond acceptors (Lipinski definition) is 5. The zero-order valence-corrected chi connectivity index (χ0v) is 16.5. The lowest BCUT2D eigenvalue weighted by molar-refractivity contribution is 0.0593. The molecule has 0 unspecified atom stereocenters. The Labute approximate surface area is 152 Å². The highest BCUT2D eigenvalue weighted by molar-refractivity contribution is 9.10. The predicted molar refractivity (Wildman–Crippen MR) is 104 cm³/mol. The van der Waals surface area contributed by atoms with Gasteiger partial charge in [0.05, 0.1) is 5.69 Å². The van der Waals surface area contributed by atoms with Gasteiger partial charge in [-0.25, -0.2) is 4.98 Å². The average Bonchev–Trinajstić information content (AvgIpc) is 2.57. The van der Waals surface area contributed by atoms with Crippen LogP contribution in [-0.2, 0) is 0 Å². The van der Waals surface area contributed by atoms with Crippen molar-refractivity contribution in [2.24, 2.45) is 0 Å². The van der Waals surface area contributed by atoms with Crippen LogP contribution in [0.4, 0.5) is 11.5 Å². The Morgan fingerprint density at radius 2 is 1.87 bits per heavy atom. The minimum Gasteiger partial charge on any atom is -0.355 e. The Kier molecular flexibility index (Phi) is 5.75. The SMILES string of the molecule is CSNc1cc(Br)cnc1N1CCC(C)(N2CCCCC2)CC1. The third kappa shape index (κ3) is 3.97. The first kappa shape index (κ1) is 17.4. The van der Waals surface area contributed by atoms with Gasteiger partial charge in [0.15, 0.2) is 5.82 Å². The number of piperidine rings is 2. The normalized spacial score (nSPS) is 22.1. The fourth-order valence-corrected chi connectivity index (χ4v) is 4.52. The van der Waals surface area contributed by atoms with Crippen LogP contribution in [0.25, 0.3) is 0 Å². The first-order valence-electron chi connectivity index (χ1n) is 8.57. The predicted octanol–water partition coefficient (Wildman–Crippen LogP) is 4.38. The molecule has 0 aromatic carbocycles. The van der Waals surface area contributed by atoms with Crippen molar-refractivity contribution in [2.75, 3.05) is 42.1 Å². The lowest BCUT2D eigenvalue weighted by Gasteiger charge is -2.48. The van der Waals surface area contributed by atoms with Gasteiger partial charge in [-0.2, -0.15) is 0 Å². The summed E-state index contributed by atoms with van der Waals surface area (Å²) in [6.45, 7) is 7.21. The second kappa shape index (κ2) is 7.62. The second-order valence-electron chi connectivity index (χ2n) is 6.86. The van der Waals surface area contributed by atoms with Gasteiger partial charge in [0.2, 0.25) is 0 Å². The van der Waals surface area contributed by atoms with Gasteiger partial charge in [-0.05, 0) is 67.7 Å². The van der Waals surface area contributed by atoms with Crippen molar-refractivity contribution >= 4 is 39.4 Å². The fourth-order valence-electron chi connectivity index (χ4n) is 3.82. The van der Waals surface area contributed by atoms with Crippen LogP contribution >= 0.6 is 27.9 Å². The fraction of sp³-hybridized carbons (Fsp3) is 0.706. The van der Waals surface area contributed by atoms with Gasteiger partial charge in [0.25, 0.3) is 0 Å². The molecule has 2 aliphatic heterocycles. The minimum absolute atomic E-state index is 0.374. The van der Waals surface area contributed by atoms with Crippen molar-refractivity contribution < 1.29 is 0 Å². The van der Waals surface area contributed by atoms with E-state index in [0.717, 1.165) is 29.1 Å². The molecule has 4 nitrogen and oxygen atoms in total. The second-order valence-corrected chi connectivity index (χ2v) is 8.39. The molecule has 0 radical (unpaired) electrons. The van der Waals surface area contributed by atoms with Gasteiger partial charge in [-0.1, -0.05) is 18.4 Å². The molecule has 0 aliphatic carbocycles. The molecule has 0 bridgehead atoms. The summed E-state index contributed by atoms with van der Waals surface area (Å²) < 4.78 is 4.39. The van der Waals surface area contributed by atoms with Crippen LogP contribution in [0.3, 0.4) is 0 Å². The van der Waals surface area contributed by atoms with Crippen molar-refractivity contribution in [1.29, 1.82) is 0 Å². The van der Waals surface area contributed by atoms with Gasteiger partial charge in [-0.15, -0.1) is 0 Å². The molecular formula is C17H27BrN4S. The largest absolute Gasteiger partial charge is 0.355 e. The van der Waals surface area contributed by atoms with Crippen molar-refractivity contribution in [3.05, 3.63) is 16.7 Å². The molecule has 2 fully saturated rings. The highest BCUT2D eigenvalue weighted by Gasteiger charge is 2.36. The van der Waals surface area contributed by atoms with E-state index < -0.39 is 0 Å². The van der Waals surface area contributed by atoms with Crippen LogP contribution < -0.4 is 9.62 Å². The third-order valence-corrected chi connectivity index (χ3v) is 6.16. The van der Waals surface area contributed by atoms with E-state index in [9.17, 15) is 0 Å². The molecule has 0 amide bonds. The molecule has 0 saturated carbocycles. The molecule has 2 aliphatic rings. The van der Waals surface area contributed by atoms with Gasteiger partial charge < -0.3 is 9.62 Å². The Bertz CT molecular complexity index is 525. The number of nitrogens with one attached hydrogen (secondary N) is 1. The van der Waals surface area contributed by atoms with Crippen LogP contribution in [0, 0.1) is 0 Å². The molecule has 2 saturated heterocycles. The molecule has 6 heteroatoms. The molecule has 1 aromatic heterocycles. The molecule has 1 aromatic rings. The number of likely N-dealkylation sites (tertiary alicyclic amines) is 1. The maximum absolute atomic E-state index is 4.67. The number of hydrogen-bond donors (Lipinski definition) is 1. The lowest BCUT2D eigenvalue weighted by atomic mass is 9.86. The summed E-state index contributed by atoms with van der Waals surface area (Å²) in [5.74, 6) is 1.09. The van der Waals surface area contributed by atoms with Crippen molar-refractivity contribution in [3.63, 3.8) is 0 Å². The van der Waals surface area contributed by atoms with Gasteiger partial charge in [0, 0.05) is 35.6 Å². The molecule has 3 rings (SSSR count). The number of anilines is 2. The van der Waals surface area contributed by atoms with Crippen molar-refractivity contribution in [3.8, 4) is 0 Å². The molecule has 128 valence electrons. The Balaban J connectivity index is 1.69. The van der Waals surface area contributed by atoms with Gasteiger partial charge >= 0.3 is 0 Å². The molecule has 3 heterocycles. The van der Waals surface area contributed by atoms with Gasteiger partial charge in [0.1, 0.15) is 0 Å². The number of pyridine rings is 1. The summed E-state index contributed by atoms with van der Waals surface area (Å²) in [5, 5.41) is 0. The highest BCUT2D eigenvalue weighted by atomic mass is 79.9. The summed E-state index contributed by atoms with van der Waals surface area (Å²) in [7, 11) is 0. The lowest BCUT2D eigenvalue weighted by Crippen LogP contribution is -2.55. The minimum atomic E-state index is 0.374. The summed E-state index contributed by atoms with van der Waals surface area (Å²) in [4.78, 5) is 9.85. The Morgan fingerprint density at radius 1 is 1.17 bits per heavy atom. The quantitative estimate of drug-likeness (QED) is 0.760. The number of aromatic nitrogens is 1. The van der Waals surface area contributed by atoms with Crippen LogP contribution in [-0.4, -0.2) is 47.9 Å². The molecule has 23 heavy (non-hydrogen) atoms. The maximum atomic E-state index is 4.67. The zero-order chi connectivity index (χ0) is 16.3. The first-order chi connectivity index (χ1) is 11.1. The zero-order valence-electron chi connectivity index (χ0n) is 14.1. The first-order valence-corrected chi connectivity index (χ1v) is 10.6. The third-order valence-electron chi connectivity index (χ3n) is 5.30. The summed E-state index contributed by atoms with van der Waals surface area (Å²) in [6.07, 6.45) is 10.6. The molecule has 0 spiro atoms. The standard InChI is InChI=1S/C17H27BrN4S/c1-17(22-8-4-3-5-9-22)6-10-21(11-7-17)16-15(20-23-2)12-14(18)13-19-16/h12-13,20H,3-11H2,1-2H3. The van der Waals surface area contributed by atoms with E-state index in [0.29, 0.717) is 5.54 Å². The van der Waals surface area contributed by atoms with E-state index in [-0.39, 0.29) is 0 Å². The van der Waals surface area contributed by atoms with Crippen molar-refractivity contribution in [1.82, 2.24) is 9.88 Å². The topological polar surface area (TPSA) is 31.4 Å². The van der Waals surface area contributed by atoms with Crippen LogP contribution in [0.2, 0.25) is 0 Å². The molecular weight excluding hydrogens is 372 g/mol. The maximum Gasteiger partial charge on any atom is 0.152 e. The van der Waals surface area contributed by atoms with E-state index in [1.165, 1.54) is 45.2 Å². The van der Waals surface area contributed by atoms with E-state index >= 15 is 0 Å². The number of halogens is 1. The summed E-state index contributed by atoms with van der Waals surface area (Å²) in [5.41, 5.74) is 1.48. The highest BCUT2D eigenvalue weighted by Crippen LogP contribution is 2.35. The van der Waals surface area contributed by atoms with Crippen molar-refractivity contribution in [2.45, 2.75) is 44.6 Å². The van der Waals surface area contributed by atoms with Gasteiger partial charge in [-0.3, -0.25) is 4.90 Å². The number of rotatable bonds is 4. The molecule has 1 N–H and O–H groups in total. The van der Waals surface area contributed by atoms with E-state index in [1.54, 1.807) is 11.9 Å². The Hall–Kier alpha value is -0.460. The number of nitrogens with zero attached hydrogens (tertiary/aromatic N) is 3. The Morgan fingerprint density at radius 3 is 2.52 bits per heavy atom. The van der Waals surface area contributed by atoms with E-state index in [1.807, 2.05) is 12.5 Å². The van der Waals surface area contributed by atoms with Crippen LogP contribution in [0.15, 0.2) is 16.7 Å². The average molecular weight is 399 g/mol. The van der Waals surface area contributed by atoms with Crippen LogP contribution in [0.1, 0.15) is 39.0 Å². The monoisotopic (exact) mass is 398 g/mol.